The van der Waals surface area contributed by atoms with Gasteiger partial charge >= 0.3 is 0 Å². The molecule has 0 aliphatic heterocycles. The normalized spacial score (nSPS) is 14.6. The lowest BCUT2D eigenvalue weighted by atomic mass is 10.1. The second-order valence-corrected chi connectivity index (χ2v) is 3.52. The predicted molar refractivity (Wildman–Crippen MR) is 50.7 cm³/mol. The minimum atomic E-state index is -1.29. The molecule has 0 aliphatic rings. The van der Waals surface area contributed by atoms with E-state index < -0.39 is 12.2 Å². The van der Waals surface area contributed by atoms with E-state index in [2.05, 4.69) is 15.4 Å². The lowest BCUT2D eigenvalue weighted by molar-refractivity contribution is -0.123. The number of aliphatic hydroxyl groups is 2. The average molecular weight is 214 g/mol. The molecular weight excluding hydrogens is 200 g/mol. The van der Waals surface area contributed by atoms with E-state index in [1.54, 1.807) is 0 Å². The highest BCUT2D eigenvalue weighted by atomic mass is 16.3. The molecule has 1 atom stereocenters. The minimum Gasteiger partial charge on any atom is -0.393 e. The van der Waals surface area contributed by atoms with Gasteiger partial charge in [-0.15, -0.1) is 0 Å². The fourth-order valence-electron chi connectivity index (χ4n) is 0.862. The van der Waals surface area contributed by atoms with Gasteiger partial charge in [-0.25, -0.2) is 9.67 Å². The van der Waals surface area contributed by atoms with Gasteiger partial charge in [-0.2, -0.15) is 5.10 Å². The number of aliphatic hydroxyl groups excluding tert-OH is 1. The number of rotatable bonds is 5. The molecule has 0 fully saturated rings. The molecule has 1 heterocycles. The Bertz CT molecular complexity index is 310. The summed E-state index contributed by atoms with van der Waals surface area (Å²) in [4.78, 5) is 15.0. The summed E-state index contributed by atoms with van der Waals surface area (Å²) in [7, 11) is 0. The lowest BCUT2D eigenvalue weighted by Crippen LogP contribution is -2.44. The van der Waals surface area contributed by atoms with Gasteiger partial charge in [0.2, 0.25) is 5.91 Å². The monoisotopic (exact) mass is 214 g/mol. The van der Waals surface area contributed by atoms with E-state index in [9.17, 15) is 9.90 Å². The van der Waals surface area contributed by atoms with Crippen LogP contribution in [0, 0.1) is 0 Å². The van der Waals surface area contributed by atoms with Gasteiger partial charge in [-0.3, -0.25) is 4.79 Å². The van der Waals surface area contributed by atoms with Crippen LogP contribution in [0.4, 0.5) is 0 Å². The minimum absolute atomic E-state index is 0.00295. The predicted octanol–water partition coefficient (Wildman–Crippen LogP) is -1.86. The summed E-state index contributed by atoms with van der Waals surface area (Å²) < 4.78 is 1.36. The molecular formula is C8H14N4O3. The summed E-state index contributed by atoms with van der Waals surface area (Å²) in [5.74, 6) is -0.297. The first-order chi connectivity index (χ1) is 7.03. The number of hydrogen-bond acceptors (Lipinski definition) is 5. The van der Waals surface area contributed by atoms with Crippen LogP contribution in [-0.2, 0) is 11.3 Å². The molecule has 1 aromatic heterocycles. The van der Waals surface area contributed by atoms with Gasteiger partial charge < -0.3 is 15.5 Å². The number of nitrogens with zero attached hydrogens (tertiary/aromatic N) is 3. The second-order valence-electron chi connectivity index (χ2n) is 3.52. The molecule has 15 heavy (non-hydrogen) atoms. The summed E-state index contributed by atoms with van der Waals surface area (Å²) >= 11 is 0. The van der Waals surface area contributed by atoms with Crippen molar-refractivity contribution in [1.82, 2.24) is 20.1 Å². The van der Waals surface area contributed by atoms with Crippen LogP contribution in [0.1, 0.15) is 6.92 Å². The molecule has 0 bridgehead atoms. The van der Waals surface area contributed by atoms with Crippen LogP contribution >= 0.6 is 0 Å². The molecule has 1 amide bonds. The standard InChI is InChI=1S/C8H14N4O3/c1-8(15,4-13)3-10-7(14)2-12-6-9-5-11-12/h5-6,13,15H,2-4H2,1H3,(H,10,14). The Balaban J connectivity index is 2.31. The molecule has 84 valence electrons. The third kappa shape index (κ3) is 4.05. The Morgan fingerprint density at radius 2 is 2.40 bits per heavy atom. The Kier molecular flexibility index (Phi) is 3.75. The fraction of sp³-hybridized carbons (Fsp3) is 0.625. The van der Waals surface area contributed by atoms with Gasteiger partial charge in [0, 0.05) is 6.54 Å². The van der Waals surface area contributed by atoms with E-state index in [-0.39, 0.29) is 19.0 Å². The maximum absolute atomic E-state index is 11.3. The molecule has 1 aromatic rings. The smallest absolute Gasteiger partial charge is 0.241 e. The van der Waals surface area contributed by atoms with Gasteiger partial charge in [-0.05, 0) is 6.92 Å². The van der Waals surface area contributed by atoms with E-state index in [0.717, 1.165) is 0 Å². The van der Waals surface area contributed by atoms with Gasteiger partial charge in [0.1, 0.15) is 24.8 Å². The number of carbonyl (C=O) groups is 1. The number of aromatic nitrogens is 3. The topological polar surface area (TPSA) is 100 Å². The van der Waals surface area contributed by atoms with Gasteiger partial charge in [-0.1, -0.05) is 0 Å². The molecule has 7 heteroatoms. The van der Waals surface area contributed by atoms with Crippen LogP contribution in [0.15, 0.2) is 12.7 Å². The number of carbonyl (C=O) groups excluding carboxylic acids is 1. The molecule has 7 nitrogen and oxygen atoms in total. The van der Waals surface area contributed by atoms with E-state index in [4.69, 9.17) is 5.11 Å². The second kappa shape index (κ2) is 4.85. The van der Waals surface area contributed by atoms with Gasteiger partial charge in [0.15, 0.2) is 0 Å². The van der Waals surface area contributed by atoms with Gasteiger partial charge in [0.05, 0.1) is 6.61 Å². The van der Waals surface area contributed by atoms with Crippen molar-refractivity contribution >= 4 is 5.91 Å². The summed E-state index contributed by atoms with van der Waals surface area (Å²) in [5.41, 5.74) is -1.29. The maximum Gasteiger partial charge on any atom is 0.241 e. The zero-order valence-electron chi connectivity index (χ0n) is 8.42. The van der Waals surface area contributed by atoms with Crippen LogP contribution < -0.4 is 5.32 Å². The summed E-state index contributed by atoms with van der Waals surface area (Å²) in [5, 5.41) is 24.4. The molecule has 3 N–H and O–H groups in total. The largest absolute Gasteiger partial charge is 0.393 e. The van der Waals surface area contributed by atoms with Crippen LogP contribution in [0.3, 0.4) is 0 Å². The van der Waals surface area contributed by atoms with Crippen molar-refractivity contribution in [2.24, 2.45) is 0 Å². The van der Waals surface area contributed by atoms with Crippen molar-refractivity contribution < 1.29 is 15.0 Å². The van der Waals surface area contributed by atoms with Crippen molar-refractivity contribution in [3.63, 3.8) is 0 Å². The van der Waals surface area contributed by atoms with Crippen LogP contribution in [0.25, 0.3) is 0 Å². The first kappa shape index (κ1) is 11.6. The first-order valence-electron chi connectivity index (χ1n) is 4.46. The van der Waals surface area contributed by atoms with Crippen molar-refractivity contribution in [3.05, 3.63) is 12.7 Å². The highest BCUT2D eigenvalue weighted by Gasteiger charge is 2.19. The number of nitrogens with one attached hydrogen (secondary N) is 1. The van der Waals surface area contributed by atoms with E-state index in [1.165, 1.54) is 24.3 Å². The van der Waals surface area contributed by atoms with Crippen molar-refractivity contribution in [1.29, 1.82) is 0 Å². The summed E-state index contributed by atoms with van der Waals surface area (Å²) in [6.45, 7) is 1.07. The van der Waals surface area contributed by atoms with Gasteiger partial charge in [0.25, 0.3) is 0 Å². The summed E-state index contributed by atoms with van der Waals surface area (Å²) in [6.07, 6.45) is 2.75. The fourth-order valence-corrected chi connectivity index (χ4v) is 0.862. The number of hydrogen-bond donors (Lipinski definition) is 3. The molecule has 0 saturated carbocycles. The van der Waals surface area contributed by atoms with Crippen molar-refractivity contribution in [3.8, 4) is 0 Å². The first-order valence-corrected chi connectivity index (χ1v) is 4.46. The third-order valence-corrected chi connectivity index (χ3v) is 1.78. The SMILES string of the molecule is CC(O)(CO)CNC(=O)Cn1cncn1. The zero-order chi connectivity index (χ0) is 11.3. The highest BCUT2D eigenvalue weighted by Crippen LogP contribution is 1.98. The molecule has 1 rings (SSSR count). The Morgan fingerprint density at radius 3 is 2.93 bits per heavy atom. The average Bonchev–Trinajstić information content (AvgIpc) is 2.68. The van der Waals surface area contributed by atoms with E-state index in [0.29, 0.717) is 0 Å². The van der Waals surface area contributed by atoms with Crippen LogP contribution in [0.2, 0.25) is 0 Å². The molecule has 0 radical (unpaired) electrons. The maximum atomic E-state index is 11.3. The lowest BCUT2D eigenvalue weighted by Gasteiger charge is -2.20. The van der Waals surface area contributed by atoms with E-state index in [1.807, 2.05) is 0 Å². The molecule has 0 aliphatic carbocycles. The van der Waals surface area contributed by atoms with Crippen molar-refractivity contribution in [2.45, 2.75) is 19.1 Å². The Hall–Kier alpha value is -1.47. The molecule has 0 aromatic carbocycles. The Morgan fingerprint density at radius 1 is 1.67 bits per heavy atom. The van der Waals surface area contributed by atoms with Crippen LogP contribution in [-0.4, -0.2) is 49.6 Å². The van der Waals surface area contributed by atoms with Crippen molar-refractivity contribution in [2.75, 3.05) is 13.2 Å². The summed E-state index contributed by atoms with van der Waals surface area (Å²) in [6, 6.07) is 0. The third-order valence-electron chi connectivity index (χ3n) is 1.78. The number of amides is 1. The Labute approximate surface area is 86.7 Å². The molecule has 1 unspecified atom stereocenters. The highest BCUT2D eigenvalue weighted by molar-refractivity contribution is 5.75. The zero-order valence-corrected chi connectivity index (χ0v) is 8.42. The molecule has 0 spiro atoms. The van der Waals surface area contributed by atoms with E-state index >= 15 is 0 Å². The quantitative estimate of drug-likeness (QED) is 0.533. The molecule has 0 saturated heterocycles. The van der Waals surface area contributed by atoms with Crippen LogP contribution in [0.5, 0.6) is 0 Å².